The van der Waals surface area contributed by atoms with Crippen LogP contribution in [-0.2, 0) is 16.6 Å². The Kier molecular flexibility index (Phi) is 4.14. The number of pyridine rings is 2. The number of hydrogen-bond donors (Lipinski definition) is 1. The van der Waals surface area contributed by atoms with E-state index in [1.165, 1.54) is 0 Å². The SMILES string of the molecule is Cc1ccc(S(=O)(=O)NCc2cn3cc(Cl)ccc3n2)c2cccnc12. The Morgan fingerprint density at radius 1 is 1.15 bits per heavy atom. The molecule has 0 amide bonds. The maximum absolute atomic E-state index is 12.8. The third-order valence-electron chi connectivity index (χ3n) is 4.13. The van der Waals surface area contributed by atoms with E-state index in [2.05, 4.69) is 14.7 Å². The summed E-state index contributed by atoms with van der Waals surface area (Å²) in [6.07, 6.45) is 5.13. The van der Waals surface area contributed by atoms with Gasteiger partial charge in [-0.05, 0) is 42.8 Å². The van der Waals surface area contributed by atoms with Crippen molar-refractivity contribution in [2.24, 2.45) is 0 Å². The fourth-order valence-corrected chi connectivity index (χ4v) is 4.23. The minimum Gasteiger partial charge on any atom is -0.305 e. The predicted octanol–water partition coefficient (Wildman–Crippen LogP) is 3.32. The number of fused-ring (bicyclic) bond motifs is 2. The average molecular weight is 387 g/mol. The van der Waals surface area contributed by atoms with Gasteiger partial charge in [0.05, 0.1) is 27.7 Å². The summed E-state index contributed by atoms with van der Waals surface area (Å²) in [5, 5.41) is 1.18. The molecule has 0 aliphatic rings. The summed E-state index contributed by atoms with van der Waals surface area (Å²) >= 11 is 5.96. The van der Waals surface area contributed by atoms with Crippen molar-refractivity contribution in [3.63, 3.8) is 0 Å². The summed E-state index contributed by atoms with van der Waals surface area (Å²) in [7, 11) is -3.71. The van der Waals surface area contributed by atoms with Crippen molar-refractivity contribution in [3.8, 4) is 0 Å². The standard InChI is InChI=1S/C18H15ClN4O2S/c1-12-4-6-16(15-3-2-8-20-18(12)15)26(24,25)21-9-14-11-23-10-13(19)5-7-17(23)22-14/h2-8,10-11,21H,9H2,1H3. The zero-order valence-electron chi connectivity index (χ0n) is 13.8. The van der Waals surface area contributed by atoms with E-state index < -0.39 is 10.0 Å². The number of nitrogens with one attached hydrogen (secondary N) is 1. The smallest absolute Gasteiger partial charge is 0.241 e. The van der Waals surface area contributed by atoms with E-state index in [1.807, 2.05) is 6.92 Å². The van der Waals surface area contributed by atoms with Crippen molar-refractivity contribution in [1.29, 1.82) is 0 Å². The number of aromatic nitrogens is 3. The van der Waals surface area contributed by atoms with Crippen LogP contribution in [0.4, 0.5) is 0 Å². The van der Waals surface area contributed by atoms with Gasteiger partial charge >= 0.3 is 0 Å². The molecule has 3 aromatic heterocycles. The molecule has 3 heterocycles. The van der Waals surface area contributed by atoms with Crippen LogP contribution >= 0.6 is 11.6 Å². The third kappa shape index (κ3) is 3.05. The van der Waals surface area contributed by atoms with E-state index in [0.29, 0.717) is 27.3 Å². The molecule has 1 N–H and O–H groups in total. The molecule has 0 fully saturated rings. The monoisotopic (exact) mass is 386 g/mol. The highest BCUT2D eigenvalue weighted by molar-refractivity contribution is 7.89. The molecule has 0 aliphatic heterocycles. The lowest BCUT2D eigenvalue weighted by Crippen LogP contribution is -2.23. The zero-order chi connectivity index (χ0) is 18.3. The normalized spacial score (nSPS) is 12.1. The van der Waals surface area contributed by atoms with Gasteiger partial charge in [0.2, 0.25) is 10.0 Å². The van der Waals surface area contributed by atoms with Crippen molar-refractivity contribution in [1.82, 2.24) is 19.1 Å². The Morgan fingerprint density at radius 2 is 2.00 bits per heavy atom. The maximum atomic E-state index is 12.8. The highest BCUT2D eigenvalue weighted by atomic mass is 35.5. The van der Waals surface area contributed by atoms with Crippen LogP contribution in [0.15, 0.2) is 59.9 Å². The molecular formula is C18H15ClN4O2S. The van der Waals surface area contributed by atoms with E-state index in [9.17, 15) is 8.42 Å². The van der Waals surface area contributed by atoms with Gasteiger partial charge < -0.3 is 4.40 Å². The number of rotatable bonds is 4. The van der Waals surface area contributed by atoms with Crippen LogP contribution in [0.25, 0.3) is 16.6 Å². The van der Waals surface area contributed by atoms with Gasteiger partial charge in [0.15, 0.2) is 0 Å². The molecule has 8 heteroatoms. The van der Waals surface area contributed by atoms with Gasteiger partial charge in [-0.15, -0.1) is 0 Å². The quantitative estimate of drug-likeness (QED) is 0.583. The number of sulfonamides is 1. The Balaban J connectivity index is 1.66. The fraction of sp³-hybridized carbons (Fsp3) is 0.111. The van der Waals surface area contributed by atoms with Crippen LogP contribution in [0.2, 0.25) is 5.02 Å². The van der Waals surface area contributed by atoms with E-state index >= 15 is 0 Å². The van der Waals surface area contributed by atoms with Gasteiger partial charge in [0.1, 0.15) is 5.65 Å². The molecule has 0 saturated heterocycles. The van der Waals surface area contributed by atoms with Crippen LogP contribution in [0.5, 0.6) is 0 Å². The van der Waals surface area contributed by atoms with Gasteiger partial charge in [-0.25, -0.2) is 18.1 Å². The van der Waals surface area contributed by atoms with Crippen LogP contribution in [0.1, 0.15) is 11.3 Å². The van der Waals surface area contributed by atoms with Gasteiger partial charge in [-0.3, -0.25) is 4.98 Å². The minimum absolute atomic E-state index is 0.0806. The number of benzene rings is 1. The molecule has 4 rings (SSSR count). The average Bonchev–Trinajstić information content (AvgIpc) is 3.02. The number of hydrogen-bond acceptors (Lipinski definition) is 4. The largest absolute Gasteiger partial charge is 0.305 e. The molecule has 6 nitrogen and oxygen atoms in total. The fourth-order valence-electron chi connectivity index (χ4n) is 2.87. The summed E-state index contributed by atoms with van der Waals surface area (Å²) in [5.41, 5.74) is 2.91. The molecule has 132 valence electrons. The van der Waals surface area contributed by atoms with Crippen molar-refractivity contribution >= 4 is 38.2 Å². The van der Waals surface area contributed by atoms with Crippen LogP contribution < -0.4 is 4.72 Å². The number of aryl methyl sites for hydroxylation is 1. The molecular weight excluding hydrogens is 372 g/mol. The van der Waals surface area contributed by atoms with Crippen molar-refractivity contribution in [2.45, 2.75) is 18.4 Å². The predicted molar refractivity (Wildman–Crippen MR) is 101 cm³/mol. The molecule has 4 aromatic rings. The van der Waals surface area contributed by atoms with E-state index in [-0.39, 0.29) is 11.4 Å². The Labute approximate surface area is 155 Å². The topological polar surface area (TPSA) is 76.4 Å². The minimum atomic E-state index is -3.71. The molecule has 1 aromatic carbocycles. The second kappa shape index (κ2) is 6.35. The molecule has 0 spiro atoms. The lowest BCUT2D eigenvalue weighted by atomic mass is 10.1. The highest BCUT2D eigenvalue weighted by Gasteiger charge is 2.18. The Morgan fingerprint density at radius 3 is 2.85 bits per heavy atom. The maximum Gasteiger partial charge on any atom is 0.241 e. The van der Waals surface area contributed by atoms with Gasteiger partial charge in [0.25, 0.3) is 0 Å². The summed E-state index contributed by atoms with van der Waals surface area (Å²) in [5.74, 6) is 0. The third-order valence-corrected chi connectivity index (χ3v) is 5.81. The van der Waals surface area contributed by atoms with Crippen molar-refractivity contribution in [3.05, 3.63) is 71.3 Å². The van der Waals surface area contributed by atoms with Crippen molar-refractivity contribution < 1.29 is 8.42 Å². The first-order valence-corrected chi connectivity index (χ1v) is 9.77. The second-order valence-electron chi connectivity index (χ2n) is 5.95. The van der Waals surface area contributed by atoms with Crippen LogP contribution in [-0.4, -0.2) is 22.8 Å². The van der Waals surface area contributed by atoms with E-state index in [1.54, 1.807) is 59.4 Å². The van der Waals surface area contributed by atoms with E-state index in [4.69, 9.17) is 11.6 Å². The molecule has 0 saturated carbocycles. The molecule has 0 bridgehead atoms. The van der Waals surface area contributed by atoms with Crippen molar-refractivity contribution in [2.75, 3.05) is 0 Å². The summed E-state index contributed by atoms with van der Waals surface area (Å²) in [6.45, 7) is 1.98. The summed E-state index contributed by atoms with van der Waals surface area (Å²) in [6, 6.07) is 10.4. The number of imidazole rings is 1. The molecule has 0 unspecified atom stereocenters. The zero-order valence-corrected chi connectivity index (χ0v) is 15.4. The first-order chi connectivity index (χ1) is 12.4. The van der Waals surface area contributed by atoms with Crippen LogP contribution in [0.3, 0.4) is 0 Å². The van der Waals surface area contributed by atoms with Gasteiger partial charge in [0, 0.05) is 24.0 Å². The van der Waals surface area contributed by atoms with Gasteiger partial charge in [-0.1, -0.05) is 17.7 Å². The first-order valence-electron chi connectivity index (χ1n) is 7.91. The molecule has 0 aliphatic carbocycles. The lowest BCUT2D eigenvalue weighted by Gasteiger charge is -2.09. The number of halogens is 1. The molecule has 0 radical (unpaired) electrons. The first kappa shape index (κ1) is 17.0. The summed E-state index contributed by atoms with van der Waals surface area (Å²) < 4.78 is 30.0. The summed E-state index contributed by atoms with van der Waals surface area (Å²) in [4.78, 5) is 8.89. The highest BCUT2D eigenvalue weighted by Crippen LogP contribution is 2.24. The molecule has 0 atom stereocenters. The second-order valence-corrected chi connectivity index (χ2v) is 8.12. The molecule has 26 heavy (non-hydrogen) atoms. The van der Waals surface area contributed by atoms with Crippen LogP contribution in [0, 0.1) is 6.92 Å². The van der Waals surface area contributed by atoms with Gasteiger partial charge in [-0.2, -0.15) is 0 Å². The Bertz CT molecular complexity index is 1230. The lowest BCUT2D eigenvalue weighted by molar-refractivity contribution is 0.581. The Hall–Kier alpha value is -2.48. The number of nitrogens with zero attached hydrogens (tertiary/aromatic N) is 3. The van der Waals surface area contributed by atoms with E-state index in [0.717, 1.165) is 5.56 Å².